The molecule has 1 heterocycles. The topological polar surface area (TPSA) is 46.2 Å². The maximum absolute atomic E-state index is 9.53. The number of hydrogen-bond acceptors (Lipinski definition) is 3. The number of rotatable bonds is 1. The van der Waals surface area contributed by atoms with E-state index in [-0.39, 0.29) is 12.0 Å². The molecule has 1 unspecified atom stereocenters. The van der Waals surface area contributed by atoms with E-state index in [1.165, 1.54) is 10.4 Å². The Hall–Kier alpha value is -0.380. The van der Waals surface area contributed by atoms with Gasteiger partial charge >= 0.3 is 0 Å². The van der Waals surface area contributed by atoms with Gasteiger partial charge in [0.1, 0.15) is 0 Å². The molecule has 1 aromatic rings. The van der Waals surface area contributed by atoms with Gasteiger partial charge in [-0.05, 0) is 35.3 Å². The van der Waals surface area contributed by atoms with Gasteiger partial charge in [0.25, 0.3) is 0 Å². The molecule has 3 N–H and O–H groups in total. The Bertz CT molecular complexity index is 345. The Labute approximate surface area is 88.8 Å². The summed E-state index contributed by atoms with van der Waals surface area (Å²) in [7, 11) is 0. The molecule has 0 bridgehead atoms. The lowest BCUT2D eigenvalue weighted by Gasteiger charge is -2.46. The van der Waals surface area contributed by atoms with Gasteiger partial charge < -0.3 is 10.8 Å². The van der Waals surface area contributed by atoms with Crippen molar-refractivity contribution in [3.8, 4) is 0 Å². The minimum absolute atomic E-state index is 0.0143. The van der Waals surface area contributed by atoms with Crippen LogP contribution >= 0.6 is 11.3 Å². The molecule has 2 rings (SSSR count). The van der Waals surface area contributed by atoms with Crippen LogP contribution in [0.5, 0.6) is 0 Å². The van der Waals surface area contributed by atoms with E-state index in [1.807, 2.05) is 0 Å². The zero-order valence-corrected chi connectivity index (χ0v) is 9.53. The van der Waals surface area contributed by atoms with Crippen molar-refractivity contribution in [1.82, 2.24) is 0 Å². The Morgan fingerprint density at radius 2 is 2.29 bits per heavy atom. The molecule has 0 saturated heterocycles. The first kappa shape index (κ1) is 10.1. The fraction of sp³-hybridized carbons (Fsp3) is 0.636. The van der Waals surface area contributed by atoms with Crippen molar-refractivity contribution < 1.29 is 5.11 Å². The van der Waals surface area contributed by atoms with Gasteiger partial charge in [0.05, 0.1) is 12.1 Å². The maximum atomic E-state index is 9.53. The predicted octanol–water partition coefficient (Wildman–Crippen LogP) is 1.87. The van der Waals surface area contributed by atoms with Gasteiger partial charge in [0, 0.05) is 4.88 Å². The third-order valence-electron chi connectivity index (χ3n) is 3.63. The van der Waals surface area contributed by atoms with Crippen LogP contribution < -0.4 is 5.73 Å². The Morgan fingerprint density at radius 1 is 1.57 bits per heavy atom. The van der Waals surface area contributed by atoms with Gasteiger partial charge in [-0.25, -0.2) is 0 Å². The minimum atomic E-state index is -0.547. The quantitative estimate of drug-likeness (QED) is 0.745. The minimum Gasteiger partial charge on any atom is -0.394 e. The smallest absolute Gasteiger partial charge is 0.0792 e. The molecule has 0 saturated carbocycles. The van der Waals surface area contributed by atoms with Crippen LogP contribution in [0.3, 0.4) is 0 Å². The Kier molecular flexibility index (Phi) is 2.21. The number of aliphatic hydroxyl groups is 1. The van der Waals surface area contributed by atoms with E-state index in [0.717, 1.165) is 12.8 Å². The summed E-state index contributed by atoms with van der Waals surface area (Å²) >= 11 is 1.67. The first-order chi connectivity index (χ1) is 6.51. The molecule has 0 spiro atoms. The van der Waals surface area contributed by atoms with Crippen molar-refractivity contribution in [2.24, 2.45) is 11.1 Å². The second kappa shape index (κ2) is 3.05. The van der Waals surface area contributed by atoms with Gasteiger partial charge in [-0.3, -0.25) is 0 Å². The highest BCUT2D eigenvalue weighted by Gasteiger charge is 2.47. The van der Waals surface area contributed by atoms with E-state index in [1.54, 1.807) is 11.3 Å². The van der Waals surface area contributed by atoms with Crippen molar-refractivity contribution in [3.05, 3.63) is 21.9 Å². The number of aliphatic hydroxyl groups excluding tert-OH is 1. The number of fused-ring (bicyclic) bond motifs is 1. The summed E-state index contributed by atoms with van der Waals surface area (Å²) in [5, 5.41) is 11.6. The average Bonchev–Trinajstić information content (AvgIpc) is 2.60. The zero-order chi connectivity index (χ0) is 10.4. The molecule has 1 aliphatic rings. The molecule has 0 fully saturated rings. The molecule has 2 nitrogen and oxygen atoms in total. The largest absolute Gasteiger partial charge is 0.394 e. The molecule has 14 heavy (non-hydrogen) atoms. The van der Waals surface area contributed by atoms with Crippen molar-refractivity contribution in [1.29, 1.82) is 0 Å². The third kappa shape index (κ3) is 1.16. The van der Waals surface area contributed by atoms with Crippen molar-refractivity contribution in [2.75, 3.05) is 6.61 Å². The summed E-state index contributed by atoms with van der Waals surface area (Å²) in [5.74, 6) is 0. The van der Waals surface area contributed by atoms with Crippen LogP contribution in [0.2, 0.25) is 0 Å². The fourth-order valence-electron chi connectivity index (χ4n) is 2.19. The predicted molar refractivity (Wildman–Crippen MR) is 59.4 cm³/mol. The van der Waals surface area contributed by atoms with E-state index < -0.39 is 5.54 Å². The van der Waals surface area contributed by atoms with Crippen molar-refractivity contribution >= 4 is 11.3 Å². The SMILES string of the molecule is CC1(C)CCc2ccsc2C1(N)CO. The molecule has 3 heteroatoms. The molecule has 1 aromatic heterocycles. The lowest BCUT2D eigenvalue weighted by atomic mass is 9.65. The summed E-state index contributed by atoms with van der Waals surface area (Å²) in [6.07, 6.45) is 2.14. The summed E-state index contributed by atoms with van der Waals surface area (Å²) in [6.45, 7) is 4.32. The standard InChI is InChI=1S/C11H17NOS/c1-10(2)5-3-8-4-6-14-9(8)11(10,12)7-13/h4,6,13H,3,5,7,12H2,1-2H3. The molecular weight excluding hydrogens is 194 g/mol. The Morgan fingerprint density at radius 3 is 2.93 bits per heavy atom. The first-order valence-electron chi connectivity index (χ1n) is 4.98. The number of nitrogens with two attached hydrogens (primary N) is 1. The van der Waals surface area contributed by atoms with E-state index >= 15 is 0 Å². The molecular formula is C11H17NOS. The molecule has 0 aromatic carbocycles. The normalized spacial score (nSPS) is 30.0. The van der Waals surface area contributed by atoms with E-state index in [0.29, 0.717) is 0 Å². The van der Waals surface area contributed by atoms with Gasteiger partial charge in [0.15, 0.2) is 0 Å². The molecule has 0 amide bonds. The summed E-state index contributed by atoms with van der Waals surface area (Å²) in [4.78, 5) is 1.18. The van der Waals surface area contributed by atoms with Crippen LogP contribution in [-0.4, -0.2) is 11.7 Å². The highest BCUT2D eigenvalue weighted by molar-refractivity contribution is 7.10. The van der Waals surface area contributed by atoms with Crippen molar-refractivity contribution in [2.45, 2.75) is 32.2 Å². The van der Waals surface area contributed by atoms with Gasteiger partial charge in [0.2, 0.25) is 0 Å². The van der Waals surface area contributed by atoms with Crippen molar-refractivity contribution in [3.63, 3.8) is 0 Å². The van der Waals surface area contributed by atoms with Crippen LogP contribution in [-0.2, 0) is 12.0 Å². The van der Waals surface area contributed by atoms with Gasteiger partial charge in [-0.15, -0.1) is 11.3 Å². The van der Waals surface area contributed by atoms with Crippen LogP contribution in [0.4, 0.5) is 0 Å². The molecule has 0 aliphatic heterocycles. The molecule has 78 valence electrons. The highest BCUT2D eigenvalue weighted by atomic mass is 32.1. The van der Waals surface area contributed by atoms with E-state index in [9.17, 15) is 5.11 Å². The maximum Gasteiger partial charge on any atom is 0.0792 e. The van der Waals surface area contributed by atoms with Crippen LogP contribution in [0.15, 0.2) is 11.4 Å². The van der Waals surface area contributed by atoms with Crippen LogP contribution in [0.25, 0.3) is 0 Å². The van der Waals surface area contributed by atoms with Gasteiger partial charge in [-0.2, -0.15) is 0 Å². The summed E-state index contributed by atoms with van der Waals surface area (Å²) in [6, 6.07) is 2.13. The Balaban J connectivity index is 2.55. The first-order valence-corrected chi connectivity index (χ1v) is 5.86. The fourth-order valence-corrected chi connectivity index (χ4v) is 3.43. The number of thiophene rings is 1. The molecule has 0 radical (unpaired) electrons. The average molecular weight is 211 g/mol. The highest BCUT2D eigenvalue weighted by Crippen LogP contribution is 2.48. The van der Waals surface area contributed by atoms with E-state index in [4.69, 9.17) is 5.73 Å². The number of hydrogen-bond donors (Lipinski definition) is 2. The van der Waals surface area contributed by atoms with Crippen LogP contribution in [0.1, 0.15) is 30.7 Å². The summed E-state index contributed by atoms with van der Waals surface area (Å²) in [5.41, 5.74) is 7.12. The van der Waals surface area contributed by atoms with Crippen LogP contribution in [0, 0.1) is 5.41 Å². The third-order valence-corrected chi connectivity index (χ3v) is 4.76. The lowest BCUT2D eigenvalue weighted by Crippen LogP contribution is -2.54. The number of aryl methyl sites for hydroxylation is 1. The monoisotopic (exact) mass is 211 g/mol. The molecule has 1 atom stereocenters. The lowest BCUT2D eigenvalue weighted by molar-refractivity contribution is 0.0666. The van der Waals surface area contributed by atoms with E-state index in [2.05, 4.69) is 25.3 Å². The van der Waals surface area contributed by atoms with Gasteiger partial charge in [-0.1, -0.05) is 13.8 Å². The zero-order valence-electron chi connectivity index (χ0n) is 8.71. The molecule has 1 aliphatic carbocycles. The second-order valence-electron chi connectivity index (χ2n) is 4.79. The second-order valence-corrected chi connectivity index (χ2v) is 5.70. The summed E-state index contributed by atoms with van der Waals surface area (Å²) < 4.78 is 0.